The van der Waals surface area contributed by atoms with Crippen LogP contribution in [0.4, 0.5) is 0 Å². The summed E-state index contributed by atoms with van der Waals surface area (Å²) in [5, 5.41) is 5.64. The first-order valence-corrected chi connectivity index (χ1v) is 12.7. The van der Waals surface area contributed by atoms with Crippen LogP contribution in [0.5, 0.6) is 0 Å². The SMILES string of the molecule is CC(C)(C)P([B]CN1C=C(C23CC4CC(CC(C4)C2)C3)NC1)c1ccccc1. The highest BCUT2D eigenvalue weighted by Gasteiger charge is 2.53. The zero-order chi connectivity index (χ0) is 19.4. The minimum atomic E-state index is -0.278. The zero-order valence-electron chi connectivity index (χ0n) is 17.8. The summed E-state index contributed by atoms with van der Waals surface area (Å²) in [4.78, 5) is 2.53. The third-order valence-corrected chi connectivity index (χ3v) is 10.5. The molecule has 4 aliphatic carbocycles. The number of nitrogens with one attached hydrogen (secondary N) is 1. The van der Waals surface area contributed by atoms with Crippen molar-refractivity contribution >= 4 is 20.1 Å². The molecule has 0 saturated heterocycles. The molecule has 4 bridgehead atoms. The Hall–Kier alpha value is -0.945. The van der Waals surface area contributed by atoms with Crippen LogP contribution in [0.15, 0.2) is 42.2 Å². The Labute approximate surface area is 173 Å². The monoisotopic (exact) mass is 393 g/mol. The lowest BCUT2D eigenvalue weighted by atomic mass is 9.49. The molecule has 0 spiro atoms. The molecule has 0 aromatic heterocycles. The van der Waals surface area contributed by atoms with Crippen LogP contribution >= 0.6 is 7.80 Å². The van der Waals surface area contributed by atoms with Gasteiger partial charge in [0, 0.05) is 17.3 Å². The number of hydrogen-bond donors (Lipinski definition) is 1. The number of nitrogens with zero attached hydrogens (tertiary/aromatic N) is 1. The molecule has 149 valence electrons. The van der Waals surface area contributed by atoms with E-state index >= 15 is 0 Å². The second-order valence-electron chi connectivity index (χ2n) is 10.9. The van der Waals surface area contributed by atoms with Gasteiger partial charge >= 0.3 is 0 Å². The number of benzene rings is 1. The maximum atomic E-state index is 3.84. The summed E-state index contributed by atoms with van der Waals surface area (Å²) in [7, 11) is -0.278. The topological polar surface area (TPSA) is 15.3 Å². The average molecular weight is 393 g/mol. The molecular formula is C24H35BN2P. The Morgan fingerprint density at radius 2 is 1.64 bits per heavy atom. The van der Waals surface area contributed by atoms with Gasteiger partial charge in [0.1, 0.15) is 0 Å². The number of allylic oxidation sites excluding steroid dienone is 1. The van der Waals surface area contributed by atoms with E-state index in [0.717, 1.165) is 30.9 Å². The maximum absolute atomic E-state index is 3.84. The molecule has 1 aromatic rings. The lowest BCUT2D eigenvalue weighted by molar-refractivity contribution is -0.0331. The highest BCUT2D eigenvalue weighted by Crippen LogP contribution is 2.62. The van der Waals surface area contributed by atoms with Crippen molar-refractivity contribution < 1.29 is 0 Å². The van der Waals surface area contributed by atoms with Gasteiger partial charge in [-0.05, 0) is 73.2 Å². The van der Waals surface area contributed by atoms with Crippen molar-refractivity contribution in [2.75, 3.05) is 13.1 Å². The molecule has 4 heteroatoms. The third-order valence-electron chi connectivity index (χ3n) is 7.65. The van der Waals surface area contributed by atoms with Gasteiger partial charge in [-0.1, -0.05) is 51.1 Å². The summed E-state index contributed by atoms with van der Waals surface area (Å²) in [5.74, 6) is 3.05. The molecule has 1 heterocycles. The van der Waals surface area contributed by atoms with Crippen LogP contribution in [0.25, 0.3) is 0 Å². The van der Waals surface area contributed by atoms with Crippen LogP contribution in [0.2, 0.25) is 0 Å². The fourth-order valence-electron chi connectivity index (χ4n) is 6.88. The third kappa shape index (κ3) is 3.53. The van der Waals surface area contributed by atoms with Crippen molar-refractivity contribution in [3.8, 4) is 0 Å². The van der Waals surface area contributed by atoms with Crippen LogP contribution in [0.3, 0.4) is 0 Å². The molecule has 2 nitrogen and oxygen atoms in total. The fraction of sp³-hybridized carbons (Fsp3) is 0.667. The van der Waals surface area contributed by atoms with E-state index in [4.69, 9.17) is 0 Å². The van der Waals surface area contributed by atoms with E-state index in [1.165, 1.54) is 43.8 Å². The van der Waals surface area contributed by atoms with Crippen LogP contribution < -0.4 is 10.6 Å². The molecule has 6 rings (SSSR count). The molecule has 1 atom stereocenters. The van der Waals surface area contributed by atoms with E-state index in [-0.39, 0.29) is 7.80 Å². The van der Waals surface area contributed by atoms with Gasteiger partial charge in [-0.15, -0.1) is 7.80 Å². The predicted molar refractivity (Wildman–Crippen MR) is 122 cm³/mol. The van der Waals surface area contributed by atoms with Crippen molar-refractivity contribution in [1.29, 1.82) is 0 Å². The minimum Gasteiger partial charge on any atom is -0.370 e. The Morgan fingerprint density at radius 3 is 2.21 bits per heavy atom. The normalized spacial score (nSPS) is 34.9. The van der Waals surface area contributed by atoms with Crippen molar-refractivity contribution in [1.82, 2.24) is 10.2 Å². The number of rotatable bonds is 5. The van der Waals surface area contributed by atoms with Crippen LogP contribution in [-0.2, 0) is 0 Å². The van der Waals surface area contributed by atoms with Gasteiger partial charge < -0.3 is 10.2 Å². The molecule has 1 aliphatic heterocycles. The Morgan fingerprint density at radius 1 is 1.04 bits per heavy atom. The smallest absolute Gasteiger partial charge is 0.178 e. The van der Waals surface area contributed by atoms with E-state index < -0.39 is 0 Å². The van der Waals surface area contributed by atoms with Gasteiger partial charge in [0.15, 0.2) is 7.00 Å². The van der Waals surface area contributed by atoms with E-state index in [1.807, 2.05) is 0 Å². The molecular weight excluding hydrogens is 358 g/mol. The van der Waals surface area contributed by atoms with Crippen molar-refractivity contribution in [3.05, 3.63) is 42.2 Å². The second kappa shape index (κ2) is 7.08. The number of hydrogen-bond acceptors (Lipinski definition) is 2. The summed E-state index contributed by atoms with van der Waals surface area (Å²) in [6, 6.07) is 11.1. The minimum absolute atomic E-state index is 0.278. The summed E-state index contributed by atoms with van der Waals surface area (Å²) < 4.78 is 0. The highest BCUT2D eigenvalue weighted by molar-refractivity contribution is 7.92. The Balaban J connectivity index is 1.28. The lowest BCUT2D eigenvalue weighted by Gasteiger charge is -2.57. The van der Waals surface area contributed by atoms with E-state index in [9.17, 15) is 0 Å². The van der Waals surface area contributed by atoms with E-state index in [1.54, 1.807) is 5.70 Å². The lowest BCUT2D eigenvalue weighted by Crippen LogP contribution is -2.48. The van der Waals surface area contributed by atoms with E-state index in [0.29, 0.717) is 10.6 Å². The summed E-state index contributed by atoms with van der Waals surface area (Å²) in [5.41, 5.74) is 2.08. The molecule has 1 N–H and O–H groups in total. The van der Waals surface area contributed by atoms with Gasteiger partial charge in [-0.2, -0.15) is 0 Å². The molecule has 0 amide bonds. The van der Waals surface area contributed by atoms with Crippen LogP contribution in [0, 0.1) is 23.2 Å². The first kappa shape index (κ1) is 19.0. The zero-order valence-corrected chi connectivity index (χ0v) is 18.7. The van der Waals surface area contributed by atoms with Crippen LogP contribution in [-0.4, -0.2) is 30.2 Å². The molecule has 4 saturated carbocycles. The van der Waals surface area contributed by atoms with Crippen molar-refractivity contribution in [2.45, 2.75) is 64.5 Å². The van der Waals surface area contributed by atoms with Gasteiger partial charge in [-0.25, -0.2) is 0 Å². The summed E-state index contributed by atoms with van der Waals surface area (Å²) in [6.45, 7) is 10.8. The van der Waals surface area contributed by atoms with Gasteiger partial charge in [0.05, 0.1) is 6.67 Å². The molecule has 1 aromatic carbocycles. The quantitative estimate of drug-likeness (QED) is 0.554. The standard InChI is InChI=1S/C24H35BN2P/c1-23(2,3)28(21-7-5-4-6-8-21)25-16-27-15-22(26-17-27)24-12-18-9-19(13-24)11-20(10-18)14-24/h4-8,15,18-20,26H,9-14,16-17H2,1-3H3. The van der Waals surface area contributed by atoms with Gasteiger partial charge in [-0.3, -0.25) is 0 Å². The first-order valence-electron chi connectivity index (χ1n) is 11.3. The van der Waals surface area contributed by atoms with Crippen molar-refractivity contribution in [3.63, 3.8) is 0 Å². The van der Waals surface area contributed by atoms with Crippen molar-refractivity contribution in [2.24, 2.45) is 23.2 Å². The largest absolute Gasteiger partial charge is 0.370 e. The van der Waals surface area contributed by atoms with Crippen LogP contribution in [0.1, 0.15) is 59.3 Å². The Kier molecular flexibility index (Phi) is 4.82. The van der Waals surface area contributed by atoms with E-state index in [2.05, 4.69) is 74.5 Å². The fourth-order valence-corrected chi connectivity index (χ4v) is 9.28. The summed E-state index contributed by atoms with van der Waals surface area (Å²) in [6.07, 6.45) is 12.5. The molecule has 28 heavy (non-hydrogen) atoms. The molecule has 1 unspecified atom stereocenters. The second-order valence-corrected chi connectivity index (χ2v) is 13.9. The first-order chi connectivity index (χ1) is 13.4. The van der Waals surface area contributed by atoms with Gasteiger partial charge in [0.2, 0.25) is 0 Å². The molecule has 4 fully saturated rings. The summed E-state index contributed by atoms with van der Waals surface area (Å²) >= 11 is 0. The predicted octanol–water partition coefficient (Wildman–Crippen LogP) is 5.09. The Bertz CT molecular complexity index is 703. The maximum Gasteiger partial charge on any atom is 0.178 e. The van der Waals surface area contributed by atoms with Gasteiger partial charge in [0.25, 0.3) is 0 Å². The highest BCUT2D eigenvalue weighted by atomic mass is 31.1. The average Bonchev–Trinajstić information content (AvgIpc) is 3.10. The molecule has 5 aliphatic rings. The molecule has 1 radical (unpaired) electrons.